The number of rotatable bonds is 10. The lowest BCUT2D eigenvalue weighted by atomic mass is 10.1. The van der Waals surface area contributed by atoms with Gasteiger partial charge in [0.25, 0.3) is 0 Å². The van der Waals surface area contributed by atoms with Crippen molar-refractivity contribution >= 4 is 5.78 Å². The van der Waals surface area contributed by atoms with E-state index in [2.05, 4.69) is 34.9 Å². The van der Waals surface area contributed by atoms with Crippen LogP contribution >= 0.6 is 0 Å². The van der Waals surface area contributed by atoms with Crippen LogP contribution in [0.25, 0.3) is 0 Å². The van der Waals surface area contributed by atoms with Crippen molar-refractivity contribution in [3.05, 3.63) is 95.3 Å². The van der Waals surface area contributed by atoms with Crippen LogP contribution in [0.1, 0.15) is 25.0 Å². The van der Waals surface area contributed by atoms with Crippen LogP contribution in [0.3, 0.4) is 0 Å². The number of benzene rings is 2. The lowest BCUT2D eigenvalue weighted by Gasteiger charge is -2.07. The van der Waals surface area contributed by atoms with Crippen molar-refractivity contribution in [1.82, 2.24) is 10.6 Å². The highest BCUT2D eigenvalue weighted by atomic mass is 16.1. The lowest BCUT2D eigenvalue weighted by molar-refractivity contribution is -0.110. The molecule has 0 saturated carbocycles. The Morgan fingerprint density at radius 2 is 1.12 bits per heavy atom. The Morgan fingerprint density at radius 3 is 1.50 bits per heavy atom. The molecule has 0 unspecified atom stereocenters. The maximum atomic E-state index is 12.1. The molecule has 136 valence electrons. The Labute approximate surface area is 156 Å². The smallest absolute Gasteiger partial charge is 0.182 e. The molecule has 0 saturated heterocycles. The summed E-state index contributed by atoms with van der Waals surface area (Å²) in [5, 5.41) is 6.58. The minimum Gasteiger partial charge on any atom is -0.388 e. The van der Waals surface area contributed by atoms with Crippen LogP contribution in [0.4, 0.5) is 0 Å². The molecule has 0 aliphatic rings. The summed E-state index contributed by atoms with van der Waals surface area (Å²) in [6.07, 6.45) is 5.17. The third-order valence-electron chi connectivity index (χ3n) is 4.04. The van der Waals surface area contributed by atoms with Crippen molar-refractivity contribution in [2.45, 2.75) is 26.7 Å². The second-order valence-electron chi connectivity index (χ2n) is 6.38. The lowest BCUT2D eigenvalue weighted by Crippen LogP contribution is -2.17. The monoisotopic (exact) mass is 348 g/mol. The van der Waals surface area contributed by atoms with Gasteiger partial charge in [0.1, 0.15) is 0 Å². The molecule has 3 nitrogen and oxygen atoms in total. The summed E-state index contributed by atoms with van der Waals surface area (Å²) in [5.41, 5.74) is 4.36. The zero-order valence-electron chi connectivity index (χ0n) is 15.7. The Bertz CT molecular complexity index is 670. The van der Waals surface area contributed by atoms with E-state index in [9.17, 15) is 4.79 Å². The fourth-order valence-corrected chi connectivity index (χ4v) is 2.67. The van der Waals surface area contributed by atoms with Crippen LogP contribution in [-0.2, 0) is 17.6 Å². The van der Waals surface area contributed by atoms with Gasteiger partial charge in [-0.2, -0.15) is 0 Å². The van der Waals surface area contributed by atoms with Crippen LogP contribution < -0.4 is 10.6 Å². The summed E-state index contributed by atoms with van der Waals surface area (Å²) < 4.78 is 0. The molecule has 0 aromatic heterocycles. The molecule has 0 heterocycles. The zero-order valence-corrected chi connectivity index (χ0v) is 15.7. The van der Waals surface area contributed by atoms with Crippen molar-refractivity contribution in [2.24, 2.45) is 0 Å². The molecule has 0 fully saturated rings. The standard InChI is InChI=1S/C23H28N2O/c1-19(24-15-13-21-9-5-3-6-10-21)17-23(26)18-20(2)25-16-14-22-11-7-4-8-12-22/h3-12,17-18,24-25H,13-16H2,1-2H3. The SMILES string of the molecule is CC(=CC(=O)C=C(C)NCCc1ccccc1)NCCc1ccccc1. The van der Waals surface area contributed by atoms with Crippen molar-refractivity contribution in [3.63, 3.8) is 0 Å². The molecule has 0 amide bonds. The quantitative estimate of drug-likeness (QED) is 0.637. The topological polar surface area (TPSA) is 41.1 Å². The largest absolute Gasteiger partial charge is 0.388 e. The van der Waals surface area contributed by atoms with Gasteiger partial charge in [-0.3, -0.25) is 4.79 Å². The second-order valence-corrected chi connectivity index (χ2v) is 6.38. The fourth-order valence-electron chi connectivity index (χ4n) is 2.67. The van der Waals surface area contributed by atoms with Gasteiger partial charge in [0, 0.05) is 36.6 Å². The summed E-state index contributed by atoms with van der Waals surface area (Å²) in [4.78, 5) is 12.1. The first kappa shape index (κ1) is 19.5. The van der Waals surface area contributed by atoms with Gasteiger partial charge in [-0.1, -0.05) is 60.7 Å². The van der Waals surface area contributed by atoms with Crippen LogP contribution in [-0.4, -0.2) is 18.9 Å². The molecule has 0 aliphatic heterocycles. The van der Waals surface area contributed by atoms with E-state index in [1.807, 2.05) is 50.2 Å². The average Bonchev–Trinajstić information content (AvgIpc) is 2.63. The summed E-state index contributed by atoms with van der Waals surface area (Å²) in [6.45, 7) is 5.49. The van der Waals surface area contributed by atoms with Crippen molar-refractivity contribution in [3.8, 4) is 0 Å². The van der Waals surface area contributed by atoms with E-state index in [4.69, 9.17) is 0 Å². The number of allylic oxidation sites excluding steroid dienone is 4. The normalized spacial score (nSPS) is 11.9. The molecule has 0 aliphatic carbocycles. The minimum atomic E-state index is -0.000535. The Balaban J connectivity index is 1.70. The molecule has 2 rings (SSSR count). The highest BCUT2D eigenvalue weighted by Crippen LogP contribution is 2.01. The van der Waals surface area contributed by atoms with E-state index < -0.39 is 0 Å². The van der Waals surface area contributed by atoms with Crippen molar-refractivity contribution < 1.29 is 4.79 Å². The maximum Gasteiger partial charge on any atom is 0.182 e. The van der Waals surface area contributed by atoms with Crippen LogP contribution in [0.5, 0.6) is 0 Å². The number of ketones is 1. The first-order chi connectivity index (χ1) is 12.6. The van der Waals surface area contributed by atoms with Crippen molar-refractivity contribution in [2.75, 3.05) is 13.1 Å². The number of hydrogen-bond donors (Lipinski definition) is 2. The van der Waals surface area contributed by atoms with Gasteiger partial charge in [-0.25, -0.2) is 0 Å². The van der Waals surface area contributed by atoms with Crippen LogP contribution in [0.2, 0.25) is 0 Å². The van der Waals surface area contributed by atoms with Crippen LogP contribution in [0, 0.1) is 0 Å². The maximum absolute atomic E-state index is 12.1. The molecule has 2 aromatic carbocycles. The molecule has 0 spiro atoms. The van der Waals surface area contributed by atoms with E-state index in [1.54, 1.807) is 12.2 Å². The zero-order chi connectivity index (χ0) is 18.6. The number of nitrogens with one attached hydrogen (secondary N) is 2. The summed E-state index contributed by atoms with van der Waals surface area (Å²) in [6, 6.07) is 20.6. The first-order valence-corrected chi connectivity index (χ1v) is 9.09. The summed E-state index contributed by atoms with van der Waals surface area (Å²) in [5.74, 6) is -0.000535. The third-order valence-corrected chi connectivity index (χ3v) is 4.04. The highest BCUT2D eigenvalue weighted by molar-refractivity contribution is 5.99. The molecule has 2 aromatic rings. The Morgan fingerprint density at radius 1 is 0.731 bits per heavy atom. The number of carbonyl (C=O) groups excluding carboxylic acids is 1. The first-order valence-electron chi connectivity index (χ1n) is 9.09. The van der Waals surface area contributed by atoms with Gasteiger partial charge in [0.05, 0.1) is 0 Å². The predicted molar refractivity (Wildman–Crippen MR) is 109 cm³/mol. The van der Waals surface area contributed by atoms with E-state index in [0.29, 0.717) is 0 Å². The molecular weight excluding hydrogens is 320 g/mol. The Hall–Kier alpha value is -2.81. The van der Waals surface area contributed by atoms with Crippen LogP contribution in [0.15, 0.2) is 84.2 Å². The molecule has 2 N–H and O–H groups in total. The van der Waals surface area contributed by atoms with E-state index in [0.717, 1.165) is 37.3 Å². The predicted octanol–water partition coefficient (Wildman–Crippen LogP) is 4.03. The average molecular weight is 348 g/mol. The minimum absolute atomic E-state index is 0.000535. The molecule has 0 radical (unpaired) electrons. The van der Waals surface area contributed by atoms with Gasteiger partial charge < -0.3 is 10.6 Å². The number of carbonyl (C=O) groups is 1. The van der Waals surface area contributed by atoms with E-state index >= 15 is 0 Å². The fraction of sp³-hybridized carbons (Fsp3) is 0.261. The van der Waals surface area contributed by atoms with Gasteiger partial charge in [-0.05, 0) is 37.8 Å². The highest BCUT2D eigenvalue weighted by Gasteiger charge is 1.98. The molecule has 26 heavy (non-hydrogen) atoms. The van der Waals surface area contributed by atoms with Gasteiger partial charge in [0.15, 0.2) is 5.78 Å². The molecule has 0 atom stereocenters. The Kier molecular flexibility index (Phi) is 8.20. The van der Waals surface area contributed by atoms with Gasteiger partial charge >= 0.3 is 0 Å². The van der Waals surface area contributed by atoms with Gasteiger partial charge in [-0.15, -0.1) is 0 Å². The summed E-state index contributed by atoms with van der Waals surface area (Å²) in [7, 11) is 0. The summed E-state index contributed by atoms with van der Waals surface area (Å²) >= 11 is 0. The van der Waals surface area contributed by atoms with Gasteiger partial charge in [0.2, 0.25) is 0 Å². The molecule has 3 heteroatoms. The van der Waals surface area contributed by atoms with E-state index in [-0.39, 0.29) is 5.78 Å². The van der Waals surface area contributed by atoms with E-state index in [1.165, 1.54) is 11.1 Å². The number of hydrogen-bond acceptors (Lipinski definition) is 3. The second kappa shape index (κ2) is 10.9. The molecule has 0 bridgehead atoms. The van der Waals surface area contributed by atoms with Crippen molar-refractivity contribution in [1.29, 1.82) is 0 Å². The molecular formula is C23H28N2O. The third kappa shape index (κ3) is 7.84.